The number of carbonyl (C=O) groups is 1. The Labute approximate surface area is 101 Å². The first-order valence-corrected chi connectivity index (χ1v) is 5.46. The molecule has 0 unspecified atom stereocenters. The molecule has 94 valence electrons. The van der Waals surface area contributed by atoms with Crippen molar-refractivity contribution < 1.29 is 14.6 Å². The summed E-state index contributed by atoms with van der Waals surface area (Å²) < 4.78 is 4.82. The Morgan fingerprint density at radius 3 is 2.65 bits per heavy atom. The van der Waals surface area contributed by atoms with Crippen molar-refractivity contribution in [1.29, 1.82) is 0 Å². The van der Waals surface area contributed by atoms with E-state index in [2.05, 4.69) is 10.6 Å². The highest BCUT2D eigenvalue weighted by Crippen LogP contribution is 2.07. The fourth-order valence-electron chi connectivity index (χ4n) is 1.39. The molecule has 0 saturated heterocycles. The molecule has 1 rings (SSSR count). The monoisotopic (exact) mass is 238 g/mol. The highest BCUT2D eigenvalue weighted by atomic mass is 16.5. The average molecular weight is 238 g/mol. The van der Waals surface area contributed by atoms with Crippen LogP contribution < -0.4 is 10.6 Å². The minimum absolute atomic E-state index is 0.0247. The number of rotatable bonds is 6. The average Bonchev–Trinajstić information content (AvgIpc) is 2.37. The number of methoxy groups -OCH3 is 1. The van der Waals surface area contributed by atoms with Gasteiger partial charge in [-0.05, 0) is 11.1 Å². The molecule has 1 aromatic rings. The molecule has 0 atom stereocenters. The summed E-state index contributed by atoms with van der Waals surface area (Å²) in [6, 6.07) is 7.20. The number of hydrogen-bond acceptors (Lipinski definition) is 3. The maximum Gasteiger partial charge on any atom is 0.315 e. The molecule has 5 nitrogen and oxygen atoms in total. The Morgan fingerprint density at radius 1 is 1.29 bits per heavy atom. The van der Waals surface area contributed by atoms with Crippen molar-refractivity contribution in [3.05, 3.63) is 35.4 Å². The SMILES string of the molecule is COCCNC(=O)NCc1ccccc1CO. The number of benzene rings is 1. The van der Waals surface area contributed by atoms with Crippen LogP contribution in [0.25, 0.3) is 0 Å². The van der Waals surface area contributed by atoms with Gasteiger partial charge >= 0.3 is 6.03 Å². The van der Waals surface area contributed by atoms with Crippen LogP contribution in [0, 0.1) is 0 Å². The van der Waals surface area contributed by atoms with Crippen molar-refractivity contribution >= 4 is 6.03 Å². The Balaban J connectivity index is 2.36. The van der Waals surface area contributed by atoms with Crippen molar-refractivity contribution in [1.82, 2.24) is 10.6 Å². The maximum absolute atomic E-state index is 11.4. The molecule has 5 heteroatoms. The standard InChI is InChI=1S/C12H18N2O3/c1-17-7-6-13-12(16)14-8-10-4-2-3-5-11(10)9-15/h2-5,15H,6-9H2,1H3,(H2,13,14,16). The van der Waals surface area contributed by atoms with E-state index in [0.29, 0.717) is 19.7 Å². The zero-order chi connectivity index (χ0) is 12.5. The first-order chi connectivity index (χ1) is 8.27. The number of amides is 2. The van der Waals surface area contributed by atoms with Gasteiger partial charge < -0.3 is 20.5 Å². The molecule has 0 aliphatic carbocycles. The highest BCUT2D eigenvalue weighted by molar-refractivity contribution is 5.73. The van der Waals surface area contributed by atoms with Crippen molar-refractivity contribution in [2.75, 3.05) is 20.3 Å². The van der Waals surface area contributed by atoms with Gasteiger partial charge in [-0.25, -0.2) is 4.79 Å². The summed E-state index contributed by atoms with van der Waals surface area (Å²) in [5.41, 5.74) is 1.74. The normalized spacial score (nSPS) is 10.0. The predicted molar refractivity (Wildman–Crippen MR) is 64.5 cm³/mol. The third-order valence-corrected chi connectivity index (χ3v) is 2.32. The maximum atomic E-state index is 11.4. The second-order valence-corrected chi connectivity index (χ2v) is 3.53. The first-order valence-electron chi connectivity index (χ1n) is 5.46. The van der Waals surface area contributed by atoms with Gasteiger partial charge in [0.2, 0.25) is 0 Å². The third-order valence-electron chi connectivity index (χ3n) is 2.32. The number of nitrogens with one attached hydrogen (secondary N) is 2. The summed E-state index contributed by atoms with van der Waals surface area (Å²) in [6.07, 6.45) is 0. The highest BCUT2D eigenvalue weighted by Gasteiger charge is 2.03. The van der Waals surface area contributed by atoms with E-state index >= 15 is 0 Å². The van der Waals surface area contributed by atoms with E-state index in [1.807, 2.05) is 24.3 Å². The zero-order valence-electron chi connectivity index (χ0n) is 9.90. The second-order valence-electron chi connectivity index (χ2n) is 3.53. The lowest BCUT2D eigenvalue weighted by Crippen LogP contribution is -2.36. The van der Waals surface area contributed by atoms with E-state index < -0.39 is 0 Å². The van der Waals surface area contributed by atoms with Gasteiger partial charge in [0.05, 0.1) is 13.2 Å². The van der Waals surface area contributed by atoms with Gasteiger partial charge in [-0.15, -0.1) is 0 Å². The van der Waals surface area contributed by atoms with Crippen LogP contribution in [-0.2, 0) is 17.9 Å². The topological polar surface area (TPSA) is 70.6 Å². The van der Waals surface area contributed by atoms with Gasteiger partial charge in [-0.3, -0.25) is 0 Å². The van der Waals surface area contributed by atoms with Crippen molar-refractivity contribution in [2.45, 2.75) is 13.2 Å². The van der Waals surface area contributed by atoms with Crippen molar-refractivity contribution in [2.24, 2.45) is 0 Å². The van der Waals surface area contributed by atoms with Crippen LogP contribution in [-0.4, -0.2) is 31.4 Å². The van der Waals surface area contributed by atoms with Crippen LogP contribution in [0.15, 0.2) is 24.3 Å². The minimum Gasteiger partial charge on any atom is -0.392 e. The van der Waals surface area contributed by atoms with Crippen LogP contribution in [0.1, 0.15) is 11.1 Å². The van der Waals surface area contributed by atoms with Crippen LogP contribution in [0.2, 0.25) is 0 Å². The van der Waals surface area contributed by atoms with Crippen LogP contribution >= 0.6 is 0 Å². The fraction of sp³-hybridized carbons (Fsp3) is 0.417. The van der Waals surface area contributed by atoms with Crippen LogP contribution in [0.3, 0.4) is 0 Å². The lowest BCUT2D eigenvalue weighted by molar-refractivity contribution is 0.195. The molecule has 0 saturated carbocycles. The van der Waals surface area contributed by atoms with Crippen LogP contribution in [0.5, 0.6) is 0 Å². The molecule has 0 aliphatic heterocycles. The van der Waals surface area contributed by atoms with Gasteiger partial charge in [0.15, 0.2) is 0 Å². The van der Waals surface area contributed by atoms with E-state index in [1.54, 1.807) is 7.11 Å². The molecule has 0 heterocycles. The lowest BCUT2D eigenvalue weighted by atomic mass is 10.1. The molecule has 17 heavy (non-hydrogen) atoms. The summed E-state index contributed by atoms with van der Waals surface area (Å²) in [5, 5.41) is 14.5. The van der Waals surface area contributed by atoms with Gasteiger partial charge in [0.1, 0.15) is 0 Å². The predicted octanol–water partition coefficient (Wildman–Crippen LogP) is 0.624. The largest absolute Gasteiger partial charge is 0.392 e. The van der Waals surface area contributed by atoms with Crippen LogP contribution in [0.4, 0.5) is 4.79 Å². The Bertz CT molecular complexity index is 355. The molecule has 0 fully saturated rings. The summed E-state index contributed by atoms with van der Waals surface area (Å²) in [7, 11) is 1.58. The summed E-state index contributed by atoms with van der Waals surface area (Å²) in [4.78, 5) is 11.4. The van der Waals surface area contributed by atoms with Gasteiger partial charge in [0.25, 0.3) is 0 Å². The summed E-state index contributed by atoms with van der Waals surface area (Å²) in [5.74, 6) is 0. The lowest BCUT2D eigenvalue weighted by Gasteiger charge is -2.09. The van der Waals surface area contributed by atoms with Gasteiger partial charge in [-0.1, -0.05) is 24.3 Å². The van der Waals surface area contributed by atoms with E-state index in [-0.39, 0.29) is 12.6 Å². The number of aliphatic hydroxyl groups excluding tert-OH is 1. The van der Waals surface area contributed by atoms with Crippen molar-refractivity contribution in [3.63, 3.8) is 0 Å². The molecule has 0 spiro atoms. The number of aliphatic hydroxyl groups is 1. The first kappa shape index (κ1) is 13.5. The number of urea groups is 1. The van der Waals surface area contributed by atoms with E-state index in [0.717, 1.165) is 11.1 Å². The molecular formula is C12H18N2O3. The molecule has 0 radical (unpaired) electrons. The van der Waals surface area contributed by atoms with Gasteiger partial charge in [0, 0.05) is 20.2 Å². The second kappa shape index (κ2) is 7.65. The van der Waals surface area contributed by atoms with E-state index in [4.69, 9.17) is 9.84 Å². The van der Waals surface area contributed by atoms with Gasteiger partial charge in [-0.2, -0.15) is 0 Å². The number of ether oxygens (including phenoxy) is 1. The molecule has 0 bridgehead atoms. The number of carbonyl (C=O) groups excluding carboxylic acids is 1. The Hall–Kier alpha value is -1.59. The molecule has 3 N–H and O–H groups in total. The zero-order valence-corrected chi connectivity index (χ0v) is 9.90. The molecule has 0 aromatic heterocycles. The van der Waals surface area contributed by atoms with Crippen molar-refractivity contribution in [3.8, 4) is 0 Å². The molecule has 0 aliphatic rings. The fourth-order valence-corrected chi connectivity index (χ4v) is 1.39. The van der Waals surface area contributed by atoms with E-state index in [1.165, 1.54) is 0 Å². The minimum atomic E-state index is -0.241. The quantitative estimate of drug-likeness (QED) is 0.636. The molecule has 1 aromatic carbocycles. The summed E-state index contributed by atoms with van der Waals surface area (Å²) in [6.45, 7) is 1.34. The summed E-state index contributed by atoms with van der Waals surface area (Å²) >= 11 is 0. The smallest absolute Gasteiger partial charge is 0.315 e. The number of hydrogen-bond donors (Lipinski definition) is 3. The van der Waals surface area contributed by atoms with E-state index in [9.17, 15) is 4.79 Å². The molecule has 2 amide bonds. The third kappa shape index (κ3) is 4.84. The Morgan fingerprint density at radius 2 is 2.00 bits per heavy atom. The molecular weight excluding hydrogens is 220 g/mol. The Kier molecular flexibility index (Phi) is 6.06.